The average molecular weight is 851 g/mol. The molecule has 0 aliphatic rings. The SMILES string of the molecule is CCCCCCCC/C=C\CCCCCCCCCCCC(=O)NC(COP(=O)([O-])OCC[N+](C)(C)C)C(O)/C=C/CC/C=C/CC/C=C/CCCCCCCCCC. The third kappa shape index (κ3) is 44.3. The van der Waals surface area contributed by atoms with Crippen molar-refractivity contribution in [2.24, 2.45) is 0 Å². The van der Waals surface area contributed by atoms with Gasteiger partial charge in [0.25, 0.3) is 7.82 Å². The van der Waals surface area contributed by atoms with Crippen molar-refractivity contribution < 1.29 is 32.9 Å². The number of likely N-dealkylation sites (N-methyl/N-ethyl adjacent to an activating group) is 1. The maximum atomic E-state index is 12.9. The van der Waals surface area contributed by atoms with Crippen LogP contribution in [-0.4, -0.2) is 68.5 Å². The molecular weight excluding hydrogens is 756 g/mol. The first-order valence-electron chi connectivity index (χ1n) is 24.5. The van der Waals surface area contributed by atoms with Gasteiger partial charge in [-0.25, -0.2) is 0 Å². The van der Waals surface area contributed by atoms with Crippen LogP contribution in [0.1, 0.15) is 213 Å². The first-order valence-corrected chi connectivity index (χ1v) is 26.0. The molecule has 0 aromatic rings. The van der Waals surface area contributed by atoms with Gasteiger partial charge in [-0.3, -0.25) is 9.36 Å². The molecule has 0 fully saturated rings. The molecule has 0 radical (unpaired) electrons. The second-order valence-electron chi connectivity index (χ2n) is 17.8. The van der Waals surface area contributed by atoms with Crippen LogP contribution in [-0.2, 0) is 18.4 Å². The highest BCUT2D eigenvalue weighted by atomic mass is 31.2. The quantitative estimate of drug-likeness (QED) is 0.0274. The summed E-state index contributed by atoms with van der Waals surface area (Å²) in [5.41, 5.74) is 0. The molecule has 3 unspecified atom stereocenters. The molecular formula is C50H95N2O6P. The molecule has 0 spiro atoms. The molecule has 0 aliphatic carbocycles. The third-order valence-corrected chi connectivity index (χ3v) is 11.7. The number of nitrogens with one attached hydrogen (secondary N) is 1. The number of rotatable bonds is 44. The second kappa shape index (κ2) is 41.8. The number of phosphoric acid groups is 1. The van der Waals surface area contributed by atoms with Crippen LogP contribution in [0.5, 0.6) is 0 Å². The Kier molecular flexibility index (Phi) is 40.7. The highest BCUT2D eigenvalue weighted by Gasteiger charge is 2.23. The van der Waals surface area contributed by atoms with Crippen LogP contribution in [0, 0.1) is 0 Å². The number of phosphoric ester groups is 1. The molecule has 0 heterocycles. The molecule has 0 saturated carbocycles. The summed E-state index contributed by atoms with van der Waals surface area (Å²) >= 11 is 0. The molecule has 8 nitrogen and oxygen atoms in total. The van der Waals surface area contributed by atoms with E-state index in [-0.39, 0.29) is 12.5 Å². The Bertz CT molecular complexity index is 1100. The van der Waals surface area contributed by atoms with E-state index >= 15 is 0 Å². The number of hydrogen-bond donors (Lipinski definition) is 2. The Morgan fingerprint density at radius 1 is 0.576 bits per heavy atom. The number of allylic oxidation sites excluding steroid dienone is 7. The van der Waals surface area contributed by atoms with E-state index in [0.717, 1.165) is 44.9 Å². The average Bonchev–Trinajstić information content (AvgIpc) is 3.19. The number of aliphatic hydroxyl groups excluding tert-OH is 1. The van der Waals surface area contributed by atoms with Crippen molar-refractivity contribution >= 4 is 13.7 Å². The zero-order chi connectivity index (χ0) is 43.6. The lowest BCUT2D eigenvalue weighted by Gasteiger charge is -2.29. The van der Waals surface area contributed by atoms with Crippen molar-refractivity contribution in [3.63, 3.8) is 0 Å². The lowest BCUT2D eigenvalue weighted by atomic mass is 10.0. The van der Waals surface area contributed by atoms with Crippen molar-refractivity contribution in [1.82, 2.24) is 5.32 Å². The Morgan fingerprint density at radius 3 is 1.37 bits per heavy atom. The van der Waals surface area contributed by atoms with Crippen LogP contribution >= 0.6 is 7.82 Å². The highest BCUT2D eigenvalue weighted by molar-refractivity contribution is 7.45. The van der Waals surface area contributed by atoms with Gasteiger partial charge in [0.1, 0.15) is 13.2 Å². The monoisotopic (exact) mass is 851 g/mol. The summed E-state index contributed by atoms with van der Waals surface area (Å²) in [7, 11) is 1.23. The zero-order valence-electron chi connectivity index (χ0n) is 39.2. The van der Waals surface area contributed by atoms with Gasteiger partial charge in [0.15, 0.2) is 0 Å². The molecule has 59 heavy (non-hydrogen) atoms. The van der Waals surface area contributed by atoms with Crippen molar-refractivity contribution in [2.75, 3.05) is 40.9 Å². The van der Waals surface area contributed by atoms with Crippen molar-refractivity contribution in [1.29, 1.82) is 0 Å². The van der Waals surface area contributed by atoms with E-state index in [1.165, 1.54) is 148 Å². The van der Waals surface area contributed by atoms with Gasteiger partial charge in [0, 0.05) is 6.42 Å². The molecule has 0 bridgehead atoms. The minimum Gasteiger partial charge on any atom is -0.756 e. The molecule has 0 aromatic carbocycles. The Morgan fingerprint density at radius 2 is 0.949 bits per heavy atom. The van der Waals surface area contributed by atoms with Crippen molar-refractivity contribution in [3.05, 3.63) is 48.6 Å². The minimum atomic E-state index is -4.60. The van der Waals surface area contributed by atoms with Gasteiger partial charge < -0.3 is 28.8 Å². The second-order valence-corrected chi connectivity index (χ2v) is 19.2. The fraction of sp³-hybridized carbons (Fsp3) is 0.820. The van der Waals surface area contributed by atoms with Crippen molar-refractivity contribution in [3.8, 4) is 0 Å². The van der Waals surface area contributed by atoms with E-state index in [1.54, 1.807) is 6.08 Å². The first kappa shape index (κ1) is 57.5. The molecule has 0 aromatic heterocycles. The van der Waals surface area contributed by atoms with E-state index in [4.69, 9.17) is 9.05 Å². The fourth-order valence-electron chi connectivity index (χ4n) is 6.83. The number of aliphatic hydroxyl groups is 1. The van der Waals surface area contributed by atoms with Gasteiger partial charge >= 0.3 is 0 Å². The number of quaternary nitrogens is 1. The van der Waals surface area contributed by atoms with E-state index in [9.17, 15) is 19.4 Å². The topological polar surface area (TPSA) is 108 Å². The predicted octanol–water partition coefficient (Wildman–Crippen LogP) is 13.4. The number of nitrogens with zero attached hydrogens (tertiary/aromatic N) is 1. The smallest absolute Gasteiger partial charge is 0.268 e. The number of carbonyl (C=O) groups is 1. The summed E-state index contributed by atoms with van der Waals surface area (Å²) in [6, 6.07) is -0.910. The van der Waals surface area contributed by atoms with Gasteiger partial charge in [0.05, 0.1) is 39.9 Å². The molecule has 3 atom stereocenters. The molecule has 1 amide bonds. The van der Waals surface area contributed by atoms with Gasteiger partial charge in [-0.05, 0) is 70.6 Å². The van der Waals surface area contributed by atoms with Gasteiger partial charge in [-0.15, -0.1) is 0 Å². The summed E-state index contributed by atoms with van der Waals surface area (Å²) in [6.45, 7) is 4.61. The van der Waals surface area contributed by atoms with Crippen molar-refractivity contribution in [2.45, 2.75) is 225 Å². The van der Waals surface area contributed by atoms with E-state index in [2.05, 4.69) is 55.6 Å². The predicted molar refractivity (Wildman–Crippen MR) is 251 cm³/mol. The van der Waals surface area contributed by atoms with E-state index in [1.807, 2.05) is 27.2 Å². The standard InChI is InChI=1S/C50H95N2O6P/c1-6-8-10-12-14-16-18-20-22-24-26-28-30-32-34-36-38-40-42-44-50(54)51-48(47-58-59(55,56)57-46-45-52(3,4)5)49(53)43-41-39-37-35-33-31-29-27-25-23-21-19-17-15-13-11-9-7-2/h20,22,25,27,33,35,41,43,48-49,53H,6-19,21,23-24,26,28-32,34,36-40,42,44-47H2,1-5H3,(H-,51,54,55,56)/b22-20-,27-25+,35-33+,43-41+. The van der Waals surface area contributed by atoms with Crippen LogP contribution in [0.4, 0.5) is 0 Å². The largest absolute Gasteiger partial charge is 0.756 e. The number of carbonyl (C=O) groups excluding carboxylic acids is 1. The third-order valence-electron chi connectivity index (χ3n) is 10.7. The molecule has 0 aliphatic heterocycles. The zero-order valence-corrected chi connectivity index (χ0v) is 40.1. The lowest BCUT2D eigenvalue weighted by molar-refractivity contribution is -0.870. The molecule has 346 valence electrons. The number of unbranched alkanes of at least 4 members (excludes halogenated alkanes) is 25. The van der Waals surface area contributed by atoms with Crippen LogP contribution in [0.25, 0.3) is 0 Å². The van der Waals surface area contributed by atoms with Gasteiger partial charge in [-0.2, -0.15) is 0 Å². The molecule has 0 saturated heterocycles. The van der Waals surface area contributed by atoms with Gasteiger partial charge in [0.2, 0.25) is 5.91 Å². The molecule has 0 rings (SSSR count). The summed E-state index contributed by atoms with van der Waals surface area (Å²) in [5.74, 6) is -0.214. The summed E-state index contributed by atoms with van der Waals surface area (Å²) in [5, 5.41) is 13.8. The maximum absolute atomic E-state index is 12.9. The molecule has 2 N–H and O–H groups in total. The van der Waals surface area contributed by atoms with Crippen LogP contribution in [0.15, 0.2) is 48.6 Å². The maximum Gasteiger partial charge on any atom is 0.268 e. The lowest BCUT2D eigenvalue weighted by Crippen LogP contribution is -2.45. The summed E-state index contributed by atoms with van der Waals surface area (Å²) in [6.07, 6.45) is 53.0. The van der Waals surface area contributed by atoms with Crippen LogP contribution in [0.3, 0.4) is 0 Å². The number of hydrogen-bond acceptors (Lipinski definition) is 6. The van der Waals surface area contributed by atoms with Crippen LogP contribution < -0.4 is 10.2 Å². The number of amides is 1. The fourth-order valence-corrected chi connectivity index (χ4v) is 7.55. The first-order chi connectivity index (χ1) is 28.5. The van der Waals surface area contributed by atoms with Crippen LogP contribution in [0.2, 0.25) is 0 Å². The summed E-state index contributed by atoms with van der Waals surface area (Å²) < 4.78 is 23.2. The Labute approximate surface area is 365 Å². The summed E-state index contributed by atoms with van der Waals surface area (Å²) in [4.78, 5) is 25.4. The van der Waals surface area contributed by atoms with E-state index in [0.29, 0.717) is 17.4 Å². The minimum absolute atomic E-state index is 0.0100. The molecule has 9 heteroatoms. The van der Waals surface area contributed by atoms with E-state index < -0.39 is 26.6 Å². The Balaban J connectivity index is 4.43. The Hall–Kier alpha value is -1.54. The van der Waals surface area contributed by atoms with Gasteiger partial charge in [-0.1, -0.05) is 184 Å². The normalized spacial score (nSPS) is 14.6. The highest BCUT2D eigenvalue weighted by Crippen LogP contribution is 2.38.